The van der Waals surface area contributed by atoms with Crippen LogP contribution in [0.15, 0.2) is 60.7 Å². The van der Waals surface area contributed by atoms with Gasteiger partial charge in [-0.15, -0.1) is 0 Å². The first-order valence-electron chi connectivity index (χ1n) is 21.9. The van der Waals surface area contributed by atoms with Crippen LogP contribution in [0.5, 0.6) is 0 Å². The summed E-state index contributed by atoms with van der Waals surface area (Å²) >= 11 is 0. The van der Waals surface area contributed by atoms with E-state index in [1.807, 2.05) is 6.92 Å². The van der Waals surface area contributed by atoms with Gasteiger partial charge in [0, 0.05) is 37.2 Å². The highest BCUT2D eigenvalue weighted by molar-refractivity contribution is 6.24. The van der Waals surface area contributed by atoms with Gasteiger partial charge in [0.25, 0.3) is 17.7 Å². The summed E-state index contributed by atoms with van der Waals surface area (Å²) in [6, 6.07) is 13.1. The number of piperidine rings is 1. The van der Waals surface area contributed by atoms with Gasteiger partial charge in [-0.1, -0.05) is 48.0 Å². The highest BCUT2D eigenvalue weighted by Crippen LogP contribution is 2.46. The zero-order valence-electron chi connectivity index (χ0n) is 36.9. The lowest BCUT2D eigenvalue weighted by molar-refractivity contribution is -0.187. The summed E-state index contributed by atoms with van der Waals surface area (Å²) < 4.78 is 63.9. The van der Waals surface area contributed by atoms with E-state index < -0.39 is 78.5 Å². The molecule has 2 fully saturated rings. The van der Waals surface area contributed by atoms with E-state index in [1.54, 1.807) is 60.7 Å². The van der Waals surface area contributed by atoms with Crippen molar-refractivity contribution < 1.29 is 70.5 Å². The standard InChI is InChI=1S/C47H50F3N5O12/c1-28-8-10-30(11-9-28)26-53(29(2)47(48,49)50)39(58)27-54-44(62)46(67-45(54)63)18-16-32-25-33(12-13-35(32)46)51-38(57)17-20-65-22-24-66-23-21-64-19-4-6-31-5-3-7-34-40(31)43(61)55(42(34)60)36-14-15-37(56)52-41(36)59/h3,5,7-13,25,29,36H,4,6,14-24,26-27H2,1-2H3,(H,51,57)(H,52,56,59)/t29-,36?,46+/m0/s1. The zero-order chi connectivity index (χ0) is 48.0. The number of carbonyl (C=O) groups excluding carboxylic acids is 8. The van der Waals surface area contributed by atoms with Gasteiger partial charge in [0.2, 0.25) is 29.2 Å². The number of hydrogen-bond acceptors (Lipinski definition) is 12. The van der Waals surface area contributed by atoms with Crippen LogP contribution in [0.25, 0.3) is 0 Å². The number of nitrogens with zero attached hydrogens (tertiary/aromatic N) is 3. The monoisotopic (exact) mass is 933 g/mol. The Morgan fingerprint density at radius 3 is 2.31 bits per heavy atom. The first-order chi connectivity index (χ1) is 32.0. The molecule has 0 saturated carbocycles. The van der Waals surface area contributed by atoms with Crippen molar-refractivity contribution in [2.45, 2.75) is 89.2 Å². The number of hydrogen-bond donors (Lipinski definition) is 2. The number of halogens is 3. The zero-order valence-corrected chi connectivity index (χ0v) is 36.9. The minimum Gasteiger partial charge on any atom is -0.427 e. The van der Waals surface area contributed by atoms with Crippen molar-refractivity contribution in [2.75, 3.05) is 51.5 Å². The maximum atomic E-state index is 13.9. The molecule has 1 unspecified atom stereocenters. The molecule has 17 nitrogen and oxygen atoms in total. The van der Waals surface area contributed by atoms with Crippen molar-refractivity contribution in [3.05, 3.63) is 99.6 Å². The van der Waals surface area contributed by atoms with E-state index >= 15 is 0 Å². The van der Waals surface area contributed by atoms with Gasteiger partial charge < -0.3 is 29.2 Å². The van der Waals surface area contributed by atoms with Gasteiger partial charge in [0.1, 0.15) is 18.6 Å². The van der Waals surface area contributed by atoms with E-state index in [1.165, 1.54) is 0 Å². The van der Waals surface area contributed by atoms with Gasteiger partial charge in [-0.3, -0.25) is 43.8 Å². The Balaban J connectivity index is 0.786. The molecule has 8 amide bonds. The second-order valence-corrected chi connectivity index (χ2v) is 16.7. The number of imide groups is 3. The number of carbonyl (C=O) groups is 8. The third kappa shape index (κ3) is 10.7. The Hall–Kier alpha value is -6.51. The molecule has 0 bridgehead atoms. The minimum absolute atomic E-state index is 0.0242. The van der Waals surface area contributed by atoms with Gasteiger partial charge in [0.05, 0.1) is 50.6 Å². The van der Waals surface area contributed by atoms with Gasteiger partial charge in [-0.25, -0.2) is 9.69 Å². The van der Waals surface area contributed by atoms with Crippen LogP contribution >= 0.6 is 0 Å². The molecule has 4 aliphatic rings. The molecule has 7 rings (SSSR count). The SMILES string of the molecule is Cc1ccc(CN(C(=O)CN2C(=O)O[C@@]3(CCc4cc(NC(=O)CCOCCOCCOCCCc5cccc6c5C(=O)N(C5CCC(=O)NC5=O)C6=O)ccc43)C2=O)[C@@H](C)C(F)(F)F)cc1. The minimum atomic E-state index is -4.77. The van der Waals surface area contributed by atoms with Crippen LogP contribution in [0, 0.1) is 6.92 Å². The van der Waals surface area contributed by atoms with Gasteiger partial charge in [-0.05, 0) is 74.4 Å². The molecule has 0 radical (unpaired) electrons. The topological polar surface area (TPSA) is 207 Å². The van der Waals surface area contributed by atoms with Crippen LogP contribution in [0.1, 0.15) is 87.6 Å². The first kappa shape index (κ1) is 48.4. The molecule has 1 aliphatic carbocycles. The average Bonchev–Trinajstić information content (AvgIpc) is 3.86. The Morgan fingerprint density at radius 1 is 0.910 bits per heavy atom. The van der Waals surface area contributed by atoms with Gasteiger partial charge >= 0.3 is 12.3 Å². The van der Waals surface area contributed by atoms with Crippen LogP contribution in [-0.4, -0.2) is 127 Å². The largest absolute Gasteiger partial charge is 0.427 e. The van der Waals surface area contributed by atoms with E-state index in [9.17, 15) is 51.5 Å². The number of fused-ring (bicyclic) bond motifs is 3. The number of aryl methyl sites for hydroxylation is 3. The average molecular weight is 934 g/mol. The molecular weight excluding hydrogens is 884 g/mol. The smallest absolute Gasteiger partial charge is 0.418 e. The second kappa shape index (κ2) is 20.6. The fraction of sp³-hybridized carbons (Fsp3) is 0.447. The lowest BCUT2D eigenvalue weighted by Crippen LogP contribution is -2.54. The van der Waals surface area contributed by atoms with Crippen molar-refractivity contribution in [3.63, 3.8) is 0 Å². The van der Waals surface area contributed by atoms with Crippen molar-refractivity contribution in [1.82, 2.24) is 20.0 Å². The van der Waals surface area contributed by atoms with Crippen LogP contribution in [0.3, 0.4) is 0 Å². The molecule has 67 heavy (non-hydrogen) atoms. The highest BCUT2D eigenvalue weighted by atomic mass is 19.4. The lowest BCUT2D eigenvalue weighted by atomic mass is 9.94. The molecule has 3 aromatic carbocycles. The van der Waals surface area contributed by atoms with E-state index in [0.717, 1.165) is 17.4 Å². The van der Waals surface area contributed by atoms with Crippen molar-refractivity contribution >= 4 is 53.1 Å². The Morgan fingerprint density at radius 2 is 1.61 bits per heavy atom. The Bertz CT molecular complexity index is 2450. The predicted octanol–water partition coefficient (Wildman–Crippen LogP) is 4.51. The third-order valence-electron chi connectivity index (χ3n) is 12.2. The molecule has 0 aromatic heterocycles. The molecule has 356 valence electrons. The summed E-state index contributed by atoms with van der Waals surface area (Å²) in [6.07, 6.45) is -4.42. The normalized spacial score (nSPS) is 19.4. The van der Waals surface area contributed by atoms with Crippen LogP contribution in [-0.2, 0) is 67.9 Å². The molecule has 3 aromatic rings. The lowest BCUT2D eigenvalue weighted by Gasteiger charge is -2.31. The van der Waals surface area contributed by atoms with Crippen molar-refractivity contribution in [2.24, 2.45) is 0 Å². The third-order valence-corrected chi connectivity index (χ3v) is 12.2. The molecule has 2 saturated heterocycles. The molecule has 3 aliphatic heterocycles. The summed E-state index contributed by atoms with van der Waals surface area (Å²) in [6.45, 7) is 2.84. The molecule has 1 spiro atoms. The van der Waals surface area contributed by atoms with Gasteiger partial charge in [-0.2, -0.15) is 13.2 Å². The summed E-state index contributed by atoms with van der Waals surface area (Å²) in [5.74, 6) is -4.48. The van der Waals surface area contributed by atoms with Crippen molar-refractivity contribution in [3.8, 4) is 0 Å². The summed E-state index contributed by atoms with van der Waals surface area (Å²) in [5.41, 5.74) is 2.13. The van der Waals surface area contributed by atoms with Crippen LogP contribution in [0.2, 0.25) is 0 Å². The highest BCUT2D eigenvalue weighted by Gasteiger charge is 2.59. The maximum Gasteiger partial charge on any atom is 0.418 e. The van der Waals surface area contributed by atoms with Crippen LogP contribution in [0.4, 0.5) is 23.7 Å². The van der Waals surface area contributed by atoms with E-state index in [4.69, 9.17) is 18.9 Å². The van der Waals surface area contributed by atoms with Crippen molar-refractivity contribution in [1.29, 1.82) is 0 Å². The number of amides is 8. The second-order valence-electron chi connectivity index (χ2n) is 16.7. The van der Waals surface area contributed by atoms with E-state index in [0.29, 0.717) is 63.8 Å². The molecule has 2 N–H and O–H groups in total. The molecule has 3 heterocycles. The number of rotatable bonds is 20. The molecule has 3 atom stereocenters. The predicted molar refractivity (Wildman–Crippen MR) is 229 cm³/mol. The number of nitrogens with one attached hydrogen (secondary N) is 2. The van der Waals surface area contributed by atoms with Crippen LogP contribution < -0.4 is 10.6 Å². The van der Waals surface area contributed by atoms with E-state index in [-0.39, 0.29) is 75.6 Å². The van der Waals surface area contributed by atoms with Gasteiger partial charge in [0.15, 0.2) is 0 Å². The summed E-state index contributed by atoms with van der Waals surface area (Å²) in [5, 5.41) is 4.96. The fourth-order valence-electron chi connectivity index (χ4n) is 8.55. The Labute approximate surface area is 383 Å². The molecular formula is C47H50F3N5O12. The summed E-state index contributed by atoms with van der Waals surface area (Å²) in [7, 11) is 0. The first-order valence-corrected chi connectivity index (χ1v) is 21.9. The number of benzene rings is 3. The summed E-state index contributed by atoms with van der Waals surface area (Å²) in [4.78, 5) is 105. The van der Waals surface area contributed by atoms with E-state index in [2.05, 4.69) is 10.6 Å². The maximum absolute atomic E-state index is 13.9. The number of anilines is 1. The Kier molecular flexibility index (Phi) is 14.9. The molecule has 20 heteroatoms. The quantitative estimate of drug-likeness (QED) is 0.119. The number of alkyl halides is 3. The number of ether oxygens (including phenoxy) is 4. The fourth-order valence-corrected chi connectivity index (χ4v) is 8.55.